The predicted octanol–water partition coefficient (Wildman–Crippen LogP) is 1.28. The molecule has 5 unspecified atom stereocenters. The summed E-state index contributed by atoms with van der Waals surface area (Å²) in [7, 11) is 0. The summed E-state index contributed by atoms with van der Waals surface area (Å²) in [6.45, 7) is 1.85. The summed E-state index contributed by atoms with van der Waals surface area (Å²) >= 11 is 0. The van der Waals surface area contributed by atoms with Gasteiger partial charge in [0.1, 0.15) is 5.82 Å². The lowest BCUT2D eigenvalue weighted by atomic mass is 9.85. The van der Waals surface area contributed by atoms with Crippen LogP contribution in [0.25, 0.3) is 0 Å². The lowest BCUT2D eigenvalue weighted by molar-refractivity contribution is -0.143. The molecule has 1 N–H and O–H groups in total. The average molecular weight is 257 g/mol. The van der Waals surface area contributed by atoms with E-state index in [0.29, 0.717) is 5.82 Å². The number of likely N-dealkylation sites (tertiary alicyclic amines) is 1. The van der Waals surface area contributed by atoms with Crippen LogP contribution in [0.4, 0.5) is 0 Å². The van der Waals surface area contributed by atoms with E-state index in [2.05, 4.69) is 22.1 Å². The van der Waals surface area contributed by atoms with Gasteiger partial charge in [0.15, 0.2) is 0 Å². The Labute approximate surface area is 110 Å². The molecular formula is C14H15N3O2. The van der Waals surface area contributed by atoms with Gasteiger partial charge in [0, 0.05) is 12.4 Å². The minimum atomic E-state index is -0.306. The number of nitrogens with zero attached hydrogens (tertiary/aromatic N) is 2. The smallest absolute Gasteiger partial charge is 0.234 e. The fourth-order valence-corrected chi connectivity index (χ4v) is 3.94. The van der Waals surface area contributed by atoms with Crippen molar-refractivity contribution in [1.82, 2.24) is 14.9 Å². The number of fused-ring (bicyclic) bond motifs is 5. The van der Waals surface area contributed by atoms with Gasteiger partial charge in [0.25, 0.3) is 0 Å². The topological polar surface area (TPSA) is 66.1 Å². The Balaban J connectivity index is 1.69. The van der Waals surface area contributed by atoms with Gasteiger partial charge >= 0.3 is 0 Å². The van der Waals surface area contributed by atoms with E-state index < -0.39 is 0 Å². The minimum absolute atomic E-state index is 0.0178. The zero-order valence-corrected chi connectivity index (χ0v) is 10.6. The van der Waals surface area contributed by atoms with Crippen molar-refractivity contribution in [2.24, 2.45) is 23.7 Å². The molecular weight excluding hydrogens is 242 g/mol. The standard InChI is InChI=1S/C14H15N3O2/c1-7(12-15-4-5-16-12)17-13(18)10-8-2-3-9(6-8)11(10)14(17)19/h2-5,7-11H,6H2,1H3,(H,15,16). The first-order chi connectivity index (χ1) is 9.18. The molecule has 1 saturated carbocycles. The molecule has 2 bridgehead atoms. The van der Waals surface area contributed by atoms with E-state index in [1.807, 2.05) is 6.92 Å². The van der Waals surface area contributed by atoms with Crippen LogP contribution in [0.15, 0.2) is 24.5 Å². The van der Waals surface area contributed by atoms with Crippen molar-refractivity contribution in [1.29, 1.82) is 0 Å². The maximum Gasteiger partial charge on any atom is 0.234 e. The molecule has 4 rings (SSSR count). The van der Waals surface area contributed by atoms with Crippen LogP contribution >= 0.6 is 0 Å². The maximum atomic E-state index is 12.6. The van der Waals surface area contributed by atoms with Gasteiger partial charge in [0.2, 0.25) is 11.8 Å². The number of rotatable bonds is 2. The summed E-state index contributed by atoms with van der Waals surface area (Å²) in [6, 6.07) is -0.306. The summed E-state index contributed by atoms with van der Waals surface area (Å²) in [5, 5.41) is 0. The van der Waals surface area contributed by atoms with Gasteiger partial charge in [-0.2, -0.15) is 0 Å². The van der Waals surface area contributed by atoms with E-state index in [9.17, 15) is 9.59 Å². The maximum absolute atomic E-state index is 12.6. The first-order valence-corrected chi connectivity index (χ1v) is 6.73. The van der Waals surface area contributed by atoms with Crippen LogP contribution in [0.5, 0.6) is 0 Å². The lowest BCUT2D eigenvalue weighted by Crippen LogP contribution is -2.35. The molecule has 5 heteroatoms. The Morgan fingerprint density at radius 3 is 2.42 bits per heavy atom. The van der Waals surface area contributed by atoms with E-state index in [4.69, 9.17) is 0 Å². The number of H-pyrrole nitrogens is 1. The molecule has 1 aliphatic heterocycles. The molecule has 19 heavy (non-hydrogen) atoms. The van der Waals surface area contributed by atoms with Crippen LogP contribution in [0.3, 0.4) is 0 Å². The summed E-state index contributed by atoms with van der Waals surface area (Å²) < 4.78 is 0. The van der Waals surface area contributed by atoms with Crippen LogP contribution in [0.2, 0.25) is 0 Å². The van der Waals surface area contributed by atoms with Crippen molar-refractivity contribution in [3.05, 3.63) is 30.4 Å². The van der Waals surface area contributed by atoms with Crippen LogP contribution in [0, 0.1) is 23.7 Å². The number of hydrogen-bond donors (Lipinski definition) is 1. The third kappa shape index (κ3) is 1.27. The normalized spacial score (nSPS) is 37.2. The van der Waals surface area contributed by atoms with Crippen molar-refractivity contribution >= 4 is 11.8 Å². The lowest BCUT2D eigenvalue weighted by Gasteiger charge is -2.22. The monoisotopic (exact) mass is 257 g/mol. The number of hydrogen-bond acceptors (Lipinski definition) is 3. The molecule has 5 atom stereocenters. The average Bonchev–Trinajstić information content (AvgIpc) is 3.13. The van der Waals surface area contributed by atoms with Gasteiger partial charge in [-0.05, 0) is 25.2 Å². The molecule has 0 spiro atoms. The quantitative estimate of drug-likeness (QED) is 0.641. The van der Waals surface area contributed by atoms with Crippen LogP contribution < -0.4 is 0 Å². The molecule has 2 fully saturated rings. The molecule has 5 nitrogen and oxygen atoms in total. The molecule has 3 aliphatic rings. The highest BCUT2D eigenvalue weighted by Crippen LogP contribution is 2.53. The number of carbonyl (C=O) groups excluding carboxylic acids is 2. The molecule has 1 aromatic rings. The van der Waals surface area contributed by atoms with Crippen molar-refractivity contribution in [2.45, 2.75) is 19.4 Å². The summed E-state index contributed by atoms with van der Waals surface area (Å²) in [5.74, 6) is 0.911. The Bertz CT molecular complexity index is 548. The Hall–Kier alpha value is -1.91. The molecule has 2 heterocycles. The van der Waals surface area contributed by atoms with Gasteiger partial charge in [-0.25, -0.2) is 4.98 Å². The SMILES string of the molecule is CC(c1ncc[nH]1)N1C(=O)C2C3C=CC(C3)C2C1=O. The van der Waals surface area contributed by atoms with Gasteiger partial charge < -0.3 is 4.98 Å². The van der Waals surface area contributed by atoms with Crippen molar-refractivity contribution in [3.63, 3.8) is 0 Å². The number of allylic oxidation sites excluding steroid dienone is 2. The van der Waals surface area contributed by atoms with Gasteiger partial charge in [-0.1, -0.05) is 12.2 Å². The molecule has 0 aromatic carbocycles. The zero-order chi connectivity index (χ0) is 13.1. The molecule has 2 amide bonds. The second-order valence-corrected chi connectivity index (χ2v) is 5.70. The first kappa shape index (κ1) is 11.0. The Morgan fingerprint density at radius 1 is 1.26 bits per heavy atom. The van der Waals surface area contributed by atoms with Crippen LogP contribution in [-0.4, -0.2) is 26.7 Å². The third-order valence-electron chi connectivity index (χ3n) is 4.81. The molecule has 98 valence electrons. The van der Waals surface area contributed by atoms with Gasteiger partial charge in [-0.3, -0.25) is 14.5 Å². The number of nitrogens with one attached hydrogen (secondary N) is 1. The van der Waals surface area contributed by atoms with Gasteiger partial charge in [0.05, 0.1) is 17.9 Å². The zero-order valence-electron chi connectivity index (χ0n) is 10.6. The predicted molar refractivity (Wildman–Crippen MR) is 66.6 cm³/mol. The number of amides is 2. The van der Waals surface area contributed by atoms with Crippen molar-refractivity contribution in [3.8, 4) is 0 Å². The third-order valence-corrected chi connectivity index (χ3v) is 4.81. The second kappa shape index (κ2) is 3.56. The highest BCUT2D eigenvalue weighted by molar-refractivity contribution is 6.06. The second-order valence-electron chi connectivity index (χ2n) is 5.70. The van der Waals surface area contributed by atoms with E-state index in [1.165, 1.54) is 4.90 Å². The van der Waals surface area contributed by atoms with E-state index in [-0.39, 0.29) is 41.5 Å². The van der Waals surface area contributed by atoms with Crippen LogP contribution in [0.1, 0.15) is 25.2 Å². The van der Waals surface area contributed by atoms with E-state index >= 15 is 0 Å². The first-order valence-electron chi connectivity index (χ1n) is 6.73. The molecule has 1 saturated heterocycles. The fraction of sp³-hybridized carbons (Fsp3) is 0.500. The highest BCUT2D eigenvalue weighted by Gasteiger charge is 2.60. The Kier molecular flexibility index (Phi) is 2.05. The molecule has 2 aliphatic carbocycles. The number of aromatic nitrogens is 2. The summed E-state index contributed by atoms with van der Waals surface area (Å²) in [6.07, 6.45) is 8.54. The van der Waals surface area contributed by atoms with Gasteiger partial charge in [-0.15, -0.1) is 0 Å². The number of imidazole rings is 1. The van der Waals surface area contributed by atoms with Crippen LogP contribution in [-0.2, 0) is 9.59 Å². The van der Waals surface area contributed by atoms with Crippen molar-refractivity contribution < 1.29 is 9.59 Å². The van der Waals surface area contributed by atoms with E-state index in [0.717, 1.165) is 6.42 Å². The molecule has 0 radical (unpaired) electrons. The van der Waals surface area contributed by atoms with Crippen molar-refractivity contribution in [2.75, 3.05) is 0 Å². The summed E-state index contributed by atoms with van der Waals surface area (Å²) in [5.41, 5.74) is 0. The highest BCUT2D eigenvalue weighted by atomic mass is 16.2. The number of imide groups is 1. The fourth-order valence-electron chi connectivity index (χ4n) is 3.94. The largest absolute Gasteiger partial charge is 0.347 e. The molecule has 1 aromatic heterocycles. The van der Waals surface area contributed by atoms with E-state index in [1.54, 1.807) is 12.4 Å². The summed E-state index contributed by atoms with van der Waals surface area (Å²) in [4.78, 5) is 33.7. The minimum Gasteiger partial charge on any atom is -0.347 e. The Morgan fingerprint density at radius 2 is 1.89 bits per heavy atom. The number of carbonyl (C=O) groups is 2. The number of aromatic amines is 1.